The van der Waals surface area contributed by atoms with Gasteiger partial charge in [0.2, 0.25) is 0 Å². The SMILES string of the molecule is [2H]c1c([2H])c(/C=C/C(=O)OCC)c(CC(=O)O)c(C([2H])([2H])[2H])c1[2H]. The summed E-state index contributed by atoms with van der Waals surface area (Å²) in [6, 6.07) is -1.90. The van der Waals surface area contributed by atoms with Crippen molar-refractivity contribution in [2.45, 2.75) is 20.2 Å². The molecule has 0 heterocycles. The molecule has 0 amide bonds. The fraction of sp³-hybridized carbons (Fsp3) is 0.286. The van der Waals surface area contributed by atoms with E-state index in [4.69, 9.17) is 13.3 Å². The second-order valence-electron chi connectivity index (χ2n) is 3.30. The van der Waals surface area contributed by atoms with Gasteiger partial charge >= 0.3 is 11.9 Å². The van der Waals surface area contributed by atoms with Gasteiger partial charge < -0.3 is 9.84 Å². The van der Waals surface area contributed by atoms with Crippen LogP contribution in [0, 0.1) is 6.85 Å². The lowest BCUT2D eigenvalue weighted by Gasteiger charge is -2.07. The molecule has 0 unspecified atom stereocenters. The average Bonchev–Trinajstić information content (AvgIpc) is 2.43. The summed E-state index contributed by atoms with van der Waals surface area (Å²) in [4.78, 5) is 22.5. The van der Waals surface area contributed by atoms with E-state index in [1.807, 2.05) is 0 Å². The van der Waals surface area contributed by atoms with Crippen LogP contribution in [-0.4, -0.2) is 23.7 Å². The monoisotopic (exact) mass is 254 g/mol. The van der Waals surface area contributed by atoms with Crippen LogP contribution in [-0.2, 0) is 20.7 Å². The molecule has 0 bridgehead atoms. The largest absolute Gasteiger partial charge is 0.481 e. The van der Waals surface area contributed by atoms with Gasteiger partial charge in [0.1, 0.15) is 0 Å². The van der Waals surface area contributed by atoms with E-state index in [2.05, 4.69) is 4.74 Å². The summed E-state index contributed by atoms with van der Waals surface area (Å²) in [5.41, 5.74) is -1.08. The smallest absolute Gasteiger partial charge is 0.330 e. The third-order valence-electron chi connectivity index (χ3n) is 2.01. The summed E-state index contributed by atoms with van der Waals surface area (Å²) in [5, 5.41) is 9.03. The highest BCUT2D eigenvalue weighted by Gasteiger charge is 2.08. The normalized spacial score (nSPS) is 16.1. The summed E-state index contributed by atoms with van der Waals surface area (Å²) < 4.78 is 50.6. The van der Waals surface area contributed by atoms with Crippen molar-refractivity contribution in [3.63, 3.8) is 0 Å². The highest BCUT2D eigenvalue weighted by atomic mass is 16.5. The summed E-state index contributed by atoms with van der Waals surface area (Å²) in [6.45, 7) is -1.15. The van der Waals surface area contributed by atoms with E-state index in [1.54, 1.807) is 6.92 Å². The number of aliphatic carboxylic acids is 1. The average molecular weight is 254 g/mol. The molecule has 1 N–H and O–H groups in total. The Hall–Kier alpha value is -2.10. The highest BCUT2D eigenvalue weighted by Crippen LogP contribution is 2.16. The van der Waals surface area contributed by atoms with Crippen molar-refractivity contribution in [1.29, 1.82) is 0 Å². The molecule has 1 aromatic rings. The van der Waals surface area contributed by atoms with Crippen molar-refractivity contribution in [3.05, 3.63) is 40.9 Å². The van der Waals surface area contributed by atoms with Gasteiger partial charge in [-0.3, -0.25) is 4.79 Å². The molecule has 1 rings (SSSR count). The first kappa shape index (κ1) is 7.36. The van der Waals surface area contributed by atoms with Crippen molar-refractivity contribution < 1.29 is 27.7 Å². The van der Waals surface area contributed by atoms with E-state index in [0.717, 1.165) is 12.2 Å². The molecule has 0 aliphatic rings. The molecule has 4 heteroatoms. The molecule has 4 nitrogen and oxygen atoms in total. The topological polar surface area (TPSA) is 63.6 Å². The van der Waals surface area contributed by atoms with Gasteiger partial charge in [0.15, 0.2) is 0 Å². The fourth-order valence-corrected chi connectivity index (χ4v) is 1.27. The third-order valence-corrected chi connectivity index (χ3v) is 2.01. The van der Waals surface area contributed by atoms with E-state index in [9.17, 15) is 9.59 Å². The van der Waals surface area contributed by atoms with Crippen LogP contribution < -0.4 is 0 Å². The van der Waals surface area contributed by atoms with Crippen LogP contribution in [0.25, 0.3) is 6.08 Å². The van der Waals surface area contributed by atoms with E-state index in [1.165, 1.54) is 0 Å². The van der Waals surface area contributed by atoms with Gasteiger partial charge in [-0.05, 0) is 36.5 Å². The van der Waals surface area contributed by atoms with Crippen LogP contribution in [0.4, 0.5) is 0 Å². The first-order chi connectivity index (χ1) is 11.0. The Morgan fingerprint density at radius 1 is 1.56 bits per heavy atom. The Balaban J connectivity index is 3.69. The maximum Gasteiger partial charge on any atom is 0.330 e. The minimum Gasteiger partial charge on any atom is -0.481 e. The van der Waals surface area contributed by atoms with Gasteiger partial charge in [-0.25, -0.2) is 4.79 Å². The second kappa shape index (κ2) is 6.59. The zero-order valence-corrected chi connectivity index (χ0v) is 9.74. The molecule has 96 valence electrons. The Kier molecular flexibility index (Phi) is 2.69. The van der Waals surface area contributed by atoms with Gasteiger partial charge in [-0.15, -0.1) is 0 Å². The first-order valence-electron chi connectivity index (χ1n) is 8.20. The number of carboxylic acids is 1. The molecule has 18 heavy (non-hydrogen) atoms. The number of carbonyl (C=O) groups excluding carboxylic acids is 1. The number of rotatable bonds is 5. The molecule has 0 aliphatic carbocycles. The minimum atomic E-state index is -2.84. The molecule has 0 aromatic heterocycles. The zero-order valence-electron chi connectivity index (χ0n) is 15.7. The van der Waals surface area contributed by atoms with Crippen molar-refractivity contribution in [1.82, 2.24) is 0 Å². The van der Waals surface area contributed by atoms with Gasteiger partial charge in [-0.1, -0.05) is 18.1 Å². The number of benzene rings is 1. The molecular weight excluding hydrogens is 232 g/mol. The maximum absolute atomic E-state index is 11.4. The quantitative estimate of drug-likeness (QED) is 0.646. The van der Waals surface area contributed by atoms with Crippen LogP contribution >= 0.6 is 0 Å². The Morgan fingerprint density at radius 2 is 2.33 bits per heavy atom. The number of hydrogen-bond donors (Lipinski definition) is 1. The van der Waals surface area contributed by atoms with Crippen molar-refractivity contribution >= 4 is 18.0 Å². The summed E-state index contributed by atoms with van der Waals surface area (Å²) in [7, 11) is 0. The standard InChI is InChI=1S/C14H16O4/c1-3-18-14(17)8-7-11-6-4-5-10(2)12(11)9-13(15)16/h4-8H,3,9H2,1-2H3,(H,15,16)/b8-7+/i2D3,4D,5D,6D. The Bertz CT molecular complexity index is 694. The third kappa shape index (κ3) is 4.05. The van der Waals surface area contributed by atoms with E-state index >= 15 is 0 Å². The lowest BCUT2D eigenvalue weighted by Crippen LogP contribution is -2.04. The predicted molar refractivity (Wildman–Crippen MR) is 68.2 cm³/mol. The van der Waals surface area contributed by atoms with Crippen LogP contribution in [0.2, 0.25) is 0 Å². The number of carboxylic acid groups (broad SMARTS) is 1. The summed E-state index contributed by atoms with van der Waals surface area (Å²) in [5.74, 6) is -2.11. The lowest BCUT2D eigenvalue weighted by molar-refractivity contribution is -0.137. The molecule has 0 radical (unpaired) electrons. The van der Waals surface area contributed by atoms with Gasteiger partial charge in [0.05, 0.1) is 17.1 Å². The number of carbonyl (C=O) groups is 2. The molecular formula is C14H16O4. The van der Waals surface area contributed by atoms with Crippen LogP contribution in [0.15, 0.2) is 24.2 Å². The van der Waals surface area contributed by atoms with E-state index in [-0.39, 0.29) is 17.7 Å². The summed E-state index contributed by atoms with van der Waals surface area (Å²) >= 11 is 0. The first-order valence-corrected chi connectivity index (χ1v) is 5.20. The predicted octanol–water partition coefficient (Wildman–Crippen LogP) is 2.20. The van der Waals surface area contributed by atoms with Gasteiger partial charge in [0.25, 0.3) is 0 Å². The van der Waals surface area contributed by atoms with Gasteiger partial charge in [0, 0.05) is 10.2 Å². The maximum atomic E-state index is 11.4. The fourth-order valence-electron chi connectivity index (χ4n) is 1.27. The van der Waals surface area contributed by atoms with Crippen LogP contribution in [0.5, 0.6) is 0 Å². The van der Waals surface area contributed by atoms with E-state index in [0.29, 0.717) is 0 Å². The molecule has 0 atom stereocenters. The molecule has 0 spiro atoms. The molecule has 0 aliphatic heterocycles. The molecule has 0 fully saturated rings. The summed E-state index contributed by atoms with van der Waals surface area (Å²) in [6.07, 6.45) is 1.22. The zero-order chi connectivity index (χ0) is 18.7. The van der Waals surface area contributed by atoms with Crippen LogP contribution in [0.3, 0.4) is 0 Å². The molecule has 0 saturated carbocycles. The molecule has 1 aromatic carbocycles. The molecule has 0 saturated heterocycles. The minimum absolute atomic E-state index is 0.106. The van der Waals surface area contributed by atoms with Crippen molar-refractivity contribution in [2.75, 3.05) is 6.61 Å². The highest BCUT2D eigenvalue weighted by molar-refractivity contribution is 5.87. The number of esters is 1. The van der Waals surface area contributed by atoms with Crippen LogP contribution in [0.1, 0.15) is 31.8 Å². The number of ether oxygens (including phenoxy) is 1. The van der Waals surface area contributed by atoms with E-state index < -0.39 is 48.9 Å². The Morgan fingerprint density at radius 3 is 2.94 bits per heavy atom. The Labute approximate surface area is 114 Å². The van der Waals surface area contributed by atoms with Crippen molar-refractivity contribution in [3.8, 4) is 0 Å². The number of hydrogen-bond acceptors (Lipinski definition) is 3. The second-order valence-corrected chi connectivity index (χ2v) is 3.30. The van der Waals surface area contributed by atoms with Gasteiger partial charge in [-0.2, -0.15) is 0 Å². The lowest BCUT2D eigenvalue weighted by atomic mass is 9.99. The van der Waals surface area contributed by atoms with Crippen molar-refractivity contribution in [2.24, 2.45) is 0 Å².